The normalized spacial score (nSPS) is 11.5. The minimum Gasteiger partial charge on any atom is -0.459 e. The van der Waals surface area contributed by atoms with E-state index in [4.69, 9.17) is 32.4 Å². The van der Waals surface area contributed by atoms with Crippen LogP contribution in [0.15, 0.2) is 41.0 Å². The zero-order valence-corrected chi connectivity index (χ0v) is 16.7. The summed E-state index contributed by atoms with van der Waals surface area (Å²) in [6.07, 6.45) is 1.85. The van der Waals surface area contributed by atoms with Crippen molar-refractivity contribution in [1.82, 2.24) is 10.6 Å². The fraction of sp³-hybridized carbons (Fsp3) is 0.316. The SMILES string of the molecule is CC(NC(=O)COC(=O)CCCNC(=O)c1ccco1)c1ccc(Cl)cc1Cl. The lowest BCUT2D eigenvalue weighted by Gasteiger charge is -2.16. The lowest BCUT2D eigenvalue weighted by molar-refractivity contribution is -0.148. The van der Waals surface area contributed by atoms with Gasteiger partial charge in [-0.3, -0.25) is 14.4 Å². The van der Waals surface area contributed by atoms with Gasteiger partial charge in [-0.1, -0.05) is 29.3 Å². The maximum atomic E-state index is 11.9. The fourth-order valence-corrected chi connectivity index (χ4v) is 2.93. The zero-order chi connectivity index (χ0) is 20.5. The van der Waals surface area contributed by atoms with Crippen molar-refractivity contribution in [2.45, 2.75) is 25.8 Å². The first kappa shape index (κ1) is 21.8. The van der Waals surface area contributed by atoms with E-state index in [0.29, 0.717) is 22.0 Å². The van der Waals surface area contributed by atoms with Crippen LogP contribution in [0.2, 0.25) is 10.0 Å². The Morgan fingerprint density at radius 3 is 2.68 bits per heavy atom. The first-order valence-electron chi connectivity index (χ1n) is 8.58. The van der Waals surface area contributed by atoms with Crippen molar-refractivity contribution in [3.63, 3.8) is 0 Å². The van der Waals surface area contributed by atoms with Crippen molar-refractivity contribution in [3.8, 4) is 0 Å². The van der Waals surface area contributed by atoms with E-state index in [9.17, 15) is 14.4 Å². The second-order valence-electron chi connectivity index (χ2n) is 5.95. The van der Waals surface area contributed by atoms with Gasteiger partial charge in [-0.25, -0.2) is 0 Å². The molecule has 9 heteroatoms. The second-order valence-corrected chi connectivity index (χ2v) is 6.80. The van der Waals surface area contributed by atoms with Gasteiger partial charge in [-0.05, 0) is 43.2 Å². The number of carbonyl (C=O) groups excluding carboxylic acids is 3. The molecule has 0 fully saturated rings. The van der Waals surface area contributed by atoms with Crippen LogP contribution in [0.5, 0.6) is 0 Å². The van der Waals surface area contributed by atoms with Crippen LogP contribution in [0, 0.1) is 0 Å². The Balaban J connectivity index is 1.63. The second kappa shape index (κ2) is 10.7. The molecule has 150 valence electrons. The number of esters is 1. The van der Waals surface area contributed by atoms with Crippen molar-refractivity contribution >= 4 is 41.0 Å². The number of halogens is 2. The third-order valence-corrected chi connectivity index (χ3v) is 4.32. The lowest BCUT2D eigenvalue weighted by atomic mass is 10.1. The van der Waals surface area contributed by atoms with E-state index in [-0.39, 0.29) is 30.7 Å². The molecule has 1 aromatic heterocycles. The molecule has 1 unspecified atom stereocenters. The molecule has 1 aromatic carbocycles. The van der Waals surface area contributed by atoms with Gasteiger partial charge in [-0.2, -0.15) is 0 Å². The number of nitrogens with one attached hydrogen (secondary N) is 2. The summed E-state index contributed by atoms with van der Waals surface area (Å²) in [5.41, 5.74) is 0.707. The molecule has 0 bridgehead atoms. The molecular formula is C19H20Cl2N2O5. The highest BCUT2D eigenvalue weighted by Gasteiger charge is 2.15. The Labute approximate surface area is 172 Å². The Morgan fingerprint density at radius 2 is 2.00 bits per heavy atom. The summed E-state index contributed by atoms with van der Waals surface area (Å²) < 4.78 is 9.89. The molecule has 1 heterocycles. The number of benzene rings is 1. The number of hydrogen-bond donors (Lipinski definition) is 2. The van der Waals surface area contributed by atoms with Crippen LogP contribution < -0.4 is 10.6 Å². The monoisotopic (exact) mass is 426 g/mol. The van der Waals surface area contributed by atoms with Crippen molar-refractivity contribution in [1.29, 1.82) is 0 Å². The topological polar surface area (TPSA) is 97.6 Å². The zero-order valence-electron chi connectivity index (χ0n) is 15.2. The standard InChI is InChI=1S/C19H20Cl2N2O5/c1-12(14-7-6-13(20)10-15(14)21)23-17(24)11-28-18(25)5-2-8-22-19(26)16-4-3-9-27-16/h3-4,6-7,9-10,12H,2,5,8,11H2,1H3,(H,22,26)(H,23,24). The Bertz CT molecular complexity index is 824. The van der Waals surface area contributed by atoms with Crippen molar-refractivity contribution in [3.05, 3.63) is 58.0 Å². The molecule has 2 rings (SSSR count). The average molecular weight is 427 g/mol. The molecule has 0 saturated carbocycles. The predicted molar refractivity (Wildman–Crippen MR) is 104 cm³/mol. The van der Waals surface area contributed by atoms with Gasteiger partial charge in [0.1, 0.15) is 0 Å². The number of ether oxygens (including phenoxy) is 1. The molecule has 0 aliphatic rings. The highest BCUT2D eigenvalue weighted by molar-refractivity contribution is 6.35. The highest BCUT2D eigenvalue weighted by Crippen LogP contribution is 2.25. The molecule has 2 N–H and O–H groups in total. The van der Waals surface area contributed by atoms with E-state index >= 15 is 0 Å². The summed E-state index contributed by atoms with van der Waals surface area (Å²) >= 11 is 12.0. The molecular weight excluding hydrogens is 407 g/mol. The maximum Gasteiger partial charge on any atom is 0.306 e. The average Bonchev–Trinajstić information content (AvgIpc) is 3.18. The van der Waals surface area contributed by atoms with Gasteiger partial charge in [0.2, 0.25) is 0 Å². The minimum atomic E-state index is -0.528. The fourth-order valence-electron chi connectivity index (χ4n) is 2.36. The molecule has 0 aliphatic carbocycles. The number of carbonyl (C=O) groups is 3. The Hall–Kier alpha value is -2.51. The first-order valence-corrected chi connectivity index (χ1v) is 9.34. The van der Waals surface area contributed by atoms with E-state index < -0.39 is 18.5 Å². The predicted octanol–water partition coefficient (Wildman–Crippen LogP) is 3.52. The number of hydrogen-bond acceptors (Lipinski definition) is 5. The van der Waals surface area contributed by atoms with E-state index in [0.717, 1.165) is 0 Å². The molecule has 7 nitrogen and oxygen atoms in total. The van der Waals surface area contributed by atoms with Crippen LogP contribution in [-0.2, 0) is 14.3 Å². The van der Waals surface area contributed by atoms with Crippen LogP contribution in [0.1, 0.15) is 41.9 Å². The largest absolute Gasteiger partial charge is 0.459 e. The Morgan fingerprint density at radius 1 is 1.21 bits per heavy atom. The summed E-state index contributed by atoms with van der Waals surface area (Å²) in [5.74, 6) is -1.13. The molecule has 0 radical (unpaired) electrons. The van der Waals surface area contributed by atoms with Crippen LogP contribution in [0.25, 0.3) is 0 Å². The summed E-state index contributed by atoms with van der Waals surface area (Å²) in [6.45, 7) is 1.65. The van der Waals surface area contributed by atoms with Gasteiger partial charge >= 0.3 is 5.97 Å². The van der Waals surface area contributed by atoms with Crippen molar-refractivity contribution in [2.24, 2.45) is 0 Å². The quantitative estimate of drug-likeness (QED) is 0.472. The summed E-state index contributed by atoms with van der Waals surface area (Å²) in [7, 11) is 0. The van der Waals surface area contributed by atoms with Crippen molar-refractivity contribution < 1.29 is 23.5 Å². The molecule has 0 spiro atoms. The van der Waals surface area contributed by atoms with Gasteiger partial charge in [0.15, 0.2) is 12.4 Å². The van der Waals surface area contributed by atoms with Crippen molar-refractivity contribution in [2.75, 3.05) is 13.2 Å². The van der Waals surface area contributed by atoms with Crippen LogP contribution in [-0.4, -0.2) is 30.9 Å². The molecule has 0 aliphatic heterocycles. The van der Waals surface area contributed by atoms with Gasteiger partial charge in [0, 0.05) is 23.0 Å². The summed E-state index contributed by atoms with van der Waals surface area (Å²) in [5, 5.41) is 6.26. The molecule has 2 aromatic rings. The number of rotatable bonds is 9. The van der Waals surface area contributed by atoms with E-state index in [1.54, 1.807) is 37.3 Å². The Kier molecular flexibility index (Phi) is 8.35. The number of amides is 2. The summed E-state index contributed by atoms with van der Waals surface area (Å²) in [4.78, 5) is 35.3. The summed E-state index contributed by atoms with van der Waals surface area (Å²) in [6, 6.07) is 7.77. The van der Waals surface area contributed by atoms with Gasteiger partial charge < -0.3 is 19.8 Å². The molecule has 28 heavy (non-hydrogen) atoms. The third-order valence-electron chi connectivity index (χ3n) is 3.76. The van der Waals surface area contributed by atoms with E-state index in [2.05, 4.69) is 10.6 Å². The first-order chi connectivity index (χ1) is 13.4. The highest BCUT2D eigenvalue weighted by atomic mass is 35.5. The minimum absolute atomic E-state index is 0.0737. The van der Waals surface area contributed by atoms with Crippen LogP contribution in [0.3, 0.4) is 0 Å². The lowest BCUT2D eigenvalue weighted by Crippen LogP contribution is -2.31. The van der Waals surface area contributed by atoms with Crippen LogP contribution >= 0.6 is 23.2 Å². The molecule has 0 saturated heterocycles. The van der Waals surface area contributed by atoms with Gasteiger partial charge in [0.25, 0.3) is 11.8 Å². The number of furan rings is 1. The van der Waals surface area contributed by atoms with Gasteiger partial charge in [0.05, 0.1) is 12.3 Å². The smallest absolute Gasteiger partial charge is 0.306 e. The molecule has 2 amide bonds. The third kappa shape index (κ3) is 6.90. The van der Waals surface area contributed by atoms with Gasteiger partial charge in [-0.15, -0.1) is 0 Å². The maximum absolute atomic E-state index is 11.9. The van der Waals surface area contributed by atoms with Crippen LogP contribution in [0.4, 0.5) is 0 Å². The molecule has 1 atom stereocenters. The van der Waals surface area contributed by atoms with E-state index in [1.807, 2.05) is 0 Å². The van der Waals surface area contributed by atoms with E-state index in [1.165, 1.54) is 6.26 Å².